The topological polar surface area (TPSA) is 76.1 Å². The number of methoxy groups -OCH3 is 1. The van der Waals surface area contributed by atoms with Crippen molar-refractivity contribution >= 4 is 33.4 Å². The summed E-state index contributed by atoms with van der Waals surface area (Å²) in [6.07, 6.45) is 0.659. The van der Waals surface area contributed by atoms with Crippen LogP contribution in [0.4, 0.5) is 0 Å². The van der Waals surface area contributed by atoms with E-state index in [4.69, 9.17) is 9.47 Å². The van der Waals surface area contributed by atoms with Crippen LogP contribution in [0.15, 0.2) is 58.6 Å². The lowest BCUT2D eigenvalue weighted by Crippen LogP contribution is -2.31. The van der Waals surface area contributed by atoms with E-state index < -0.39 is 17.7 Å². The number of hydrogen-bond donors (Lipinski definition) is 1. The van der Waals surface area contributed by atoms with E-state index >= 15 is 0 Å². The highest BCUT2D eigenvalue weighted by Crippen LogP contribution is 2.40. The second-order valence-electron chi connectivity index (χ2n) is 7.55. The number of carbonyl (C=O) groups is 2. The van der Waals surface area contributed by atoms with Crippen LogP contribution in [0.25, 0.3) is 5.76 Å². The molecule has 0 aromatic heterocycles. The first kappa shape index (κ1) is 23.0. The van der Waals surface area contributed by atoms with Gasteiger partial charge in [-0.2, -0.15) is 0 Å². The van der Waals surface area contributed by atoms with Gasteiger partial charge < -0.3 is 19.5 Å². The minimum absolute atomic E-state index is 0.0744. The third-order valence-electron chi connectivity index (χ3n) is 5.06. The molecule has 1 atom stereocenters. The summed E-state index contributed by atoms with van der Waals surface area (Å²) < 4.78 is 11.8. The van der Waals surface area contributed by atoms with Crippen molar-refractivity contribution in [2.24, 2.45) is 0 Å². The SMILES string of the molecule is COc1cccc([C@@H]2C(=C(O)c3ccc(Br)cc3)C(=O)C(=O)N2CCCOC(C)C)c1. The van der Waals surface area contributed by atoms with E-state index in [-0.39, 0.29) is 17.4 Å². The molecule has 31 heavy (non-hydrogen) atoms. The molecule has 1 aliphatic rings. The highest BCUT2D eigenvalue weighted by Gasteiger charge is 2.45. The van der Waals surface area contributed by atoms with Crippen LogP contribution < -0.4 is 4.74 Å². The Bertz CT molecular complexity index is 984. The molecule has 1 aliphatic heterocycles. The fourth-order valence-electron chi connectivity index (χ4n) is 3.59. The van der Waals surface area contributed by atoms with Gasteiger partial charge in [0.25, 0.3) is 11.7 Å². The summed E-state index contributed by atoms with van der Waals surface area (Å²) in [5.74, 6) is -0.913. The number of carbonyl (C=O) groups excluding carboxylic acids is 2. The van der Waals surface area contributed by atoms with Crippen molar-refractivity contribution in [3.63, 3.8) is 0 Å². The molecule has 3 rings (SSSR count). The van der Waals surface area contributed by atoms with E-state index in [0.717, 1.165) is 4.47 Å². The average Bonchev–Trinajstić information content (AvgIpc) is 3.01. The fourth-order valence-corrected chi connectivity index (χ4v) is 3.85. The van der Waals surface area contributed by atoms with Gasteiger partial charge in [-0.05, 0) is 50.1 Å². The summed E-state index contributed by atoms with van der Waals surface area (Å²) >= 11 is 3.37. The first-order chi connectivity index (χ1) is 14.8. The van der Waals surface area contributed by atoms with Gasteiger partial charge in [0, 0.05) is 23.2 Å². The maximum Gasteiger partial charge on any atom is 0.295 e. The summed E-state index contributed by atoms with van der Waals surface area (Å²) in [6.45, 7) is 4.69. The zero-order valence-corrected chi connectivity index (χ0v) is 19.4. The van der Waals surface area contributed by atoms with Gasteiger partial charge in [-0.3, -0.25) is 9.59 Å². The molecule has 0 spiro atoms. The van der Waals surface area contributed by atoms with Crippen LogP contribution in [0.3, 0.4) is 0 Å². The molecule has 0 unspecified atom stereocenters. The van der Waals surface area contributed by atoms with E-state index in [1.165, 1.54) is 4.90 Å². The lowest BCUT2D eigenvalue weighted by atomic mass is 9.95. The molecule has 2 aromatic rings. The zero-order valence-electron chi connectivity index (χ0n) is 17.8. The number of Topliss-reactive ketones (excluding diaryl/α,β-unsaturated/α-hetero) is 1. The quantitative estimate of drug-likeness (QED) is 0.253. The third kappa shape index (κ3) is 5.17. The minimum Gasteiger partial charge on any atom is -0.507 e. The second kappa shape index (κ2) is 10.1. The molecule has 1 heterocycles. The van der Waals surface area contributed by atoms with Crippen molar-refractivity contribution in [3.05, 3.63) is 69.7 Å². The van der Waals surface area contributed by atoms with Crippen molar-refractivity contribution in [2.75, 3.05) is 20.3 Å². The fraction of sp³-hybridized carbons (Fsp3) is 0.333. The van der Waals surface area contributed by atoms with Crippen LogP contribution >= 0.6 is 15.9 Å². The number of aliphatic hydroxyl groups excluding tert-OH is 1. The molecule has 0 saturated carbocycles. The van der Waals surface area contributed by atoms with E-state index in [2.05, 4.69) is 15.9 Å². The van der Waals surface area contributed by atoms with Gasteiger partial charge in [-0.1, -0.05) is 40.2 Å². The number of ether oxygens (including phenoxy) is 2. The third-order valence-corrected chi connectivity index (χ3v) is 5.59. The first-order valence-corrected chi connectivity index (χ1v) is 10.9. The van der Waals surface area contributed by atoms with Crippen molar-refractivity contribution in [1.82, 2.24) is 4.90 Å². The lowest BCUT2D eigenvalue weighted by Gasteiger charge is -2.25. The minimum atomic E-state index is -0.710. The molecule has 1 N–H and O–H groups in total. The monoisotopic (exact) mass is 487 g/mol. The Labute approximate surface area is 190 Å². The standard InChI is InChI=1S/C24H26BrNO5/c1-15(2)31-13-5-12-26-21(17-6-4-7-19(14-17)30-3)20(23(28)24(26)29)22(27)16-8-10-18(25)11-9-16/h4,6-11,14-15,21,27H,5,12-13H2,1-3H3/t21-/m1/s1. The number of rotatable bonds is 8. The Morgan fingerprint density at radius 1 is 1.16 bits per heavy atom. The highest BCUT2D eigenvalue weighted by atomic mass is 79.9. The molecule has 6 nitrogen and oxygen atoms in total. The van der Waals surface area contributed by atoms with Crippen LogP contribution in [0.1, 0.15) is 37.4 Å². The highest BCUT2D eigenvalue weighted by molar-refractivity contribution is 9.10. The van der Waals surface area contributed by atoms with E-state index in [1.54, 1.807) is 49.6 Å². The van der Waals surface area contributed by atoms with E-state index in [9.17, 15) is 14.7 Å². The van der Waals surface area contributed by atoms with E-state index in [1.807, 2.05) is 19.9 Å². The van der Waals surface area contributed by atoms with Crippen molar-refractivity contribution in [2.45, 2.75) is 32.4 Å². The van der Waals surface area contributed by atoms with Gasteiger partial charge in [0.1, 0.15) is 11.5 Å². The van der Waals surface area contributed by atoms with Gasteiger partial charge in [0.05, 0.1) is 24.8 Å². The molecule has 7 heteroatoms. The zero-order chi connectivity index (χ0) is 22.5. The molecule has 1 amide bonds. The average molecular weight is 488 g/mol. The molecular weight excluding hydrogens is 462 g/mol. The Hall–Kier alpha value is -2.64. The number of likely N-dealkylation sites (tertiary alicyclic amines) is 1. The molecule has 1 saturated heterocycles. The van der Waals surface area contributed by atoms with E-state index in [0.29, 0.717) is 36.4 Å². The van der Waals surface area contributed by atoms with Crippen LogP contribution in [0.2, 0.25) is 0 Å². The maximum atomic E-state index is 13.0. The molecule has 164 valence electrons. The summed E-state index contributed by atoms with van der Waals surface area (Å²) in [5.41, 5.74) is 1.24. The smallest absolute Gasteiger partial charge is 0.295 e. The number of ketones is 1. The van der Waals surface area contributed by atoms with Gasteiger partial charge in [-0.25, -0.2) is 0 Å². The molecule has 2 aromatic carbocycles. The van der Waals surface area contributed by atoms with Crippen LogP contribution in [-0.4, -0.2) is 48.1 Å². The summed E-state index contributed by atoms with van der Waals surface area (Å²) in [4.78, 5) is 27.4. The van der Waals surface area contributed by atoms with Crippen molar-refractivity contribution in [3.8, 4) is 5.75 Å². The van der Waals surface area contributed by atoms with Gasteiger partial charge >= 0.3 is 0 Å². The van der Waals surface area contributed by atoms with Crippen molar-refractivity contribution < 1.29 is 24.2 Å². The molecule has 1 fully saturated rings. The molecule has 0 radical (unpaired) electrons. The van der Waals surface area contributed by atoms with Gasteiger partial charge in [0.15, 0.2) is 0 Å². The number of halogens is 1. The second-order valence-corrected chi connectivity index (χ2v) is 8.46. The number of hydrogen-bond acceptors (Lipinski definition) is 5. The van der Waals surface area contributed by atoms with Crippen LogP contribution in [-0.2, 0) is 14.3 Å². The molecule has 0 aliphatic carbocycles. The predicted octanol–water partition coefficient (Wildman–Crippen LogP) is 4.69. The lowest BCUT2D eigenvalue weighted by molar-refractivity contribution is -0.140. The van der Waals surface area contributed by atoms with Crippen molar-refractivity contribution in [1.29, 1.82) is 0 Å². The number of amides is 1. The molecule has 0 bridgehead atoms. The first-order valence-electron chi connectivity index (χ1n) is 10.1. The summed E-state index contributed by atoms with van der Waals surface area (Å²) in [7, 11) is 1.56. The number of benzene rings is 2. The summed E-state index contributed by atoms with van der Waals surface area (Å²) in [6, 6.07) is 13.4. The Morgan fingerprint density at radius 2 is 1.87 bits per heavy atom. The normalized spacial score (nSPS) is 18.1. The Kier molecular flexibility index (Phi) is 7.51. The molecular formula is C24H26BrNO5. The Balaban J connectivity index is 2.04. The van der Waals surface area contributed by atoms with Crippen LogP contribution in [0, 0.1) is 0 Å². The summed E-state index contributed by atoms with van der Waals surface area (Å²) in [5, 5.41) is 11.0. The number of nitrogens with zero attached hydrogens (tertiary/aromatic N) is 1. The predicted molar refractivity (Wildman–Crippen MR) is 122 cm³/mol. The number of aliphatic hydroxyl groups is 1. The van der Waals surface area contributed by atoms with Gasteiger partial charge in [-0.15, -0.1) is 0 Å². The maximum absolute atomic E-state index is 13.0. The van der Waals surface area contributed by atoms with Gasteiger partial charge in [0.2, 0.25) is 0 Å². The Morgan fingerprint density at radius 3 is 2.52 bits per heavy atom. The largest absolute Gasteiger partial charge is 0.507 e. The van der Waals surface area contributed by atoms with Crippen LogP contribution in [0.5, 0.6) is 5.75 Å².